The minimum Gasteiger partial charge on any atom is -0.478 e. The van der Waals surface area contributed by atoms with Crippen LogP contribution in [0.3, 0.4) is 0 Å². The summed E-state index contributed by atoms with van der Waals surface area (Å²) in [6, 6.07) is 12.7. The summed E-state index contributed by atoms with van der Waals surface area (Å²) in [6.45, 7) is 2.39. The van der Waals surface area contributed by atoms with Crippen molar-refractivity contribution in [3.05, 3.63) is 66.6 Å². The lowest BCUT2D eigenvalue weighted by molar-refractivity contribution is 0.102. The minimum absolute atomic E-state index is 0.201. The van der Waals surface area contributed by atoms with Crippen molar-refractivity contribution in [2.24, 2.45) is 0 Å². The first-order valence-corrected chi connectivity index (χ1v) is 7.70. The molecule has 0 aliphatic carbocycles. The summed E-state index contributed by atoms with van der Waals surface area (Å²) >= 11 is 0. The number of rotatable bonds is 6. The van der Waals surface area contributed by atoms with Gasteiger partial charge in [0.1, 0.15) is 5.75 Å². The highest BCUT2D eigenvalue weighted by atomic mass is 16.5. The maximum absolute atomic E-state index is 12.2. The van der Waals surface area contributed by atoms with Crippen LogP contribution in [0.5, 0.6) is 17.6 Å². The maximum Gasteiger partial charge on any atom is 0.322 e. The van der Waals surface area contributed by atoms with E-state index in [1.807, 2.05) is 25.1 Å². The fourth-order valence-electron chi connectivity index (χ4n) is 1.98. The smallest absolute Gasteiger partial charge is 0.322 e. The van der Waals surface area contributed by atoms with Crippen LogP contribution in [0, 0.1) is 0 Å². The van der Waals surface area contributed by atoms with Crippen molar-refractivity contribution < 1.29 is 14.3 Å². The summed E-state index contributed by atoms with van der Waals surface area (Å²) in [4.78, 5) is 24.4. The first-order valence-electron chi connectivity index (χ1n) is 7.70. The van der Waals surface area contributed by atoms with Gasteiger partial charge in [0.2, 0.25) is 5.88 Å². The van der Waals surface area contributed by atoms with Gasteiger partial charge in [-0.1, -0.05) is 18.2 Å². The normalized spacial score (nSPS) is 10.1. The number of pyridine rings is 1. The molecule has 126 valence electrons. The number of ether oxygens (including phenoxy) is 2. The largest absolute Gasteiger partial charge is 0.478 e. The number of carbonyl (C=O) groups is 1. The van der Waals surface area contributed by atoms with Gasteiger partial charge in [0.05, 0.1) is 30.3 Å². The lowest BCUT2D eigenvalue weighted by atomic mass is 10.2. The van der Waals surface area contributed by atoms with Crippen LogP contribution in [-0.2, 0) is 0 Å². The molecule has 25 heavy (non-hydrogen) atoms. The van der Waals surface area contributed by atoms with Crippen LogP contribution in [0.2, 0.25) is 0 Å². The minimum atomic E-state index is -0.309. The Balaban J connectivity index is 1.61. The van der Waals surface area contributed by atoms with Crippen LogP contribution >= 0.6 is 0 Å². The van der Waals surface area contributed by atoms with Crippen molar-refractivity contribution in [2.75, 3.05) is 11.9 Å². The third kappa shape index (κ3) is 4.51. The van der Waals surface area contributed by atoms with Gasteiger partial charge < -0.3 is 14.8 Å². The van der Waals surface area contributed by atoms with E-state index < -0.39 is 0 Å². The third-order valence-electron chi connectivity index (χ3n) is 3.13. The van der Waals surface area contributed by atoms with Crippen molar-refractivity contribution in [2.45, 2.75) is 6.92 Å². The van der Waals surface area contributed by atoms with Gasteiger partial charge in [0, 0.05) is 12.3 Å². The van der Waals surface area contributed by atoms with Crippen molar-refractivity contribution in [1.29, 1.82) is 0 Å². The molecular formula is C18H16N4O3. The summed E-state index contributed by atoms with van der Waals surface area (Å²) in [5, 5.41) is 2.70. The van der Waals surface area contributed by atoms with Gasteiger partial charge in [0.15, 0.2) is 0 Å². The maximum atomic E-state index is 12.2. The van der Waals surface area contributed by atoms with Crippen LogP contribution in [-0.4, -0.2) is 27.5 Å². The van der Waals surface area contributed by atoms with Crippen molar-refractivity contribution >= 4 is 11.6 Å². The molecular weight excluding hydrogens is 320 g/mol. The number of hydrogen-bond donors (Lipinski definition) is 1. The number of aromatic nitrogens is 3. The van der Waals surface area contributed by atoms with Gasteiger partial charge in [-0.05, 0) is 25.1 Å². The molecule has 1 aromatic carbocycles. The second-order valence-corrected chi connectivity index (χ2v) is 4.94. The Morgan fingerprint density at radius 3 is 2.40 bits per heavy atom. The molecule has 0 spiro atoms. The van der Waals surface area contributed by atoms with Crippen LogP contribution in [0.25, 0.3) is 0 Å². The molecule has 0 fully saturated rings. The Morgan fingerprint density at radius 2 is 1.76 bits per heavy atom. The lowest BCUT2D eigenvalue weighted by Crippen LogP contribution is -2.12. The zero-order valence-electron chi connectivity index (χ0n) is 13.5. The number of nitrogens with zero attached hydrogens (tertiary/aromatic N) is 3. The Labute approximate surface area is 144 Å². The molecule has 1 amide bonds. The average Bonchev–Trinajstić information content (AvgIpc) is 2.65. The van der Waals surface area contributed by atoms with Gasteiger partial charge in [0.25, 0.3) is 5.91 Å². The summed E-state index contributed by atoms with van der Waals surface area (Å²) in [6.07, 6.45) is 4.41. The molecule has 0 saturated heterocycles. The monoisotopic (exact) mass is 336 g/mol. The second-order valence-electron chi connectivity index (χ2n) is 4.94. The first-order chi connectivity index (χ1) is 12.2. The fourth-order valence-corrected chi connectivity index (χ4v) is 1.98. The number of carbonyl (C=O) groups excluding carboxylic acids is 1. The number of para-hydroxylation sites is 1. The van der Waals surface area contributed by atoms with Crippen LogP contribution in [0.4, 0.5) is 5.69 Å². The second kappa shape index (κ2) is 7.87. The van der Waals surface area contributed by atoms with E-state index in [4.69, 9.17) is 9.47 Å². The third-order valence-corrected chi connectivity index (χ3v) is 3.13. The van der Waals surface area contributed by atoms with E-state index in [2.05, 4.69) is 20.3 Å². The molecule has 7 nitrogen and oxygen atoms in total. The predicted octanol–water partition coefficient (Wildman–Crippen LogP) is 3.31. The number of amides is 1. The molecule has 0 aliphatic rings. The first kappa shape index (κ1) is 16.4. The summed E-state index contributed by atoms with van der Waals surface area (Å²) in [5.41, 5.74) is 0.868. The molecule has 0 saturated carbocycles. The molecule has 3 rings (SSSR count). The van der Waals surface area contributed by atoms with Crippen LogP contribution < -0.4 is 14.8 Å². The molecule has 0 atom stereocenters. The van der Waals surface area contributed by atoms with Crippen molar-refractivity contribution in [3.63, 3.8) is 0 Å². The lowest BCUT2D eigenvalue weighted by Gasteiger charge is -2.07. The average molecular weight is 336 g/mol. The van der Waals surface area contributed by atoms with E-state index in [1.54, 1.807) is 24.3 Å². The SMILES string of the molecule is CCOc1ccc(C(=O)Nc2cnc(Oc3ccccc3)nc2)cn1. The summed E-state index contributed by atoms with van der Waals surface area (Å²) < 4.78 is 10.7. The Bertz CT molecular complexity index is 821. The van der Waals surface area contributed by atoms with Gasteiger partial charge in [-0.15, -0.1) is 0 Å². The van der Waals surface area contributed by atoms with E-state index in [-0.39, 0.29) is 11.9 Å². The fraction of sp³-hybridized carbons (Fsp3) is 0.111. The molecule has 0 bridgehead atoms. The van der Waals surface area contributed by atoms with Crippen LogP contribution in [0.1, 0.15) is 17.3 Å². The zero-order chi connectivity index (χ0) is 17.5. The van der Waals surface area contributed by atoms with Crippen molar-refractivity contribution in [3.8, 4) is 17.6 Å². The molecule has 3 aromatic rings. The van der Waals surface area contributed by atoms with E-state index in [0.29, 0.717) is 29.5 Å². The van der Waals surface area contributed by atoms with Crippen molar-refractivity contribution in [1.82, 2.24) is 15.0 Å². The molecule has 1 N–H and O–H groups in total. The van der Waals surface area contributed by atoms with Gasteiger partial charge in [-0.3, -0.25) is 4.79 Å². The molecule has 7 heteroatoms. The molecule has 0 unspecified atom stereocenters. The Hall–Kier alpha value is -3.48. The number of anilines is 1. The van der Waals surface area contributed by atoms with E-state index in [0.717, 1.165) is 0 Å². The quantitative estimate of drug-likeness (QED) is 0.743. The topological polar surface area (TPSA) is 86.2 Å². The van der Waals surface area contributed by atoms with E-state index in [1.165, 1.54) is 18.6 Å². The van der Waals surface area contributed by atoms with Crippen LogP contribution in [0.15, 0.2) is 61.1 Å². The predicted molar refractivity (Wildman–Crippen MR) is 91.9 cm³/mol. The van der Waals surface area contributed by atoms with E-state index in [9.17, 15) is 4.79 Å². The Kier molecular flexibility index (Phi) is 5.16. The molecule has 2 aromatic heterocycles. The van der Waals surface area contributed by atoms with Gasteiger partial charge >= 0.3 is 6.01 Å². The Morgan fingerprint density at radius 1 is 1.00 bits per heavy atom. The summed E-state index contributed by atoms with van der Waals surface area (Å²) in [7, 11) is 0. The van der Waals surface area contributed by atoms with E-state index >= 15 is 0 Å². The van der Waals surface area contributed by atoms with Gasteiger partial charge in [-0.25, -0.2) is 15.0 Å². The highest BCUT2D eigenvalue weighted by Crippen LogP contribution is 2.17. The highest BCUT2D eigenvalue weighted by molar-refractivity contribution is 6.03. The number of nitrogens with one attached hydrogen (secondary N) is 1. The highest BCUT2D eigenvalue weighted by Gasteiger charge is 2.08. The number of hydrogen-bond acceptors (Lipinski definition) is 6. The molecule has 2 heterocycles. The standard InChI is InChI=1S/C18H16N4O3/c1-2-24-16-9-8-13(10-19-16)17(23)22-14-11-20-18(21-12-14)25-15-6-4-3-5-7-15/h3-12H,2H2,1H3,(H,22,23). The summed E-state index contributed by atoms with van der Waals surface area (Å²) in [5.74, 6) is 0.806. The zero-order valence-corrected chi connectivity index (χ0v) is 13.5. The van der Waals surface area contributed by atoms with Gasteiger partial charge in [-0.2, -0.15) is 0 Å². The molecule has 0 radical (unpaired) electrons. The molecule has 0 aliphatic heterocycles. The number of benzene rings is 1.